The highest BCUT2D eigenvalue weighted by Crippen LogP contribution is 2.32. The molecule has 0 heterocycles. The molecule has 1 rings (SSSR count). The van der Waals surface area contributed by atoms with Crippen molar-refractivity contribution in [3.8, 4) is 5.75 Å². The molecule has 0 amide bonds. The Hall–Kier alpha value is -1.13. The second-order valence-electron chi connectivity index (χ2n) is 5.44. The molecule has 2 N–H and O–H groups in total. The fourth-order valence-electron chi connectivity index (χ4n) is 2.11. The van der Waals surface area contributed by atoms with Crippen LogP contribution < -0.4 is 10.5 Å². The summed E-state index contributed by atoms with van der Waals surface area (Å²) in [6.07, 6.45) is -0.264. The topological polar surface area (TPSA) is 44.5 Å². The smallest absolute Gasteiger partial charge is 0.131 e. The van der Waals surface area contributed by atoms with E-state index in [0.717, 1.165) is 0 Å². The maximum Gasteiger partial charge on any atom is 0.131 e. The van der Waals surface area contributed by atoms with Gasteiger partial charge in [-0.05, 0) is 11.5 Å². The Kier molecular flexibility index (Phi) is 4.71. The summed E-state index contributed by atoms with van der Waals surface area (Å²) in [5.41, 5.74) is 6.40. The standard InChI is InChI=1S/C14H22FNO2/c1-14(2,3)13(18-5)12(16)10-7-6-9(17-4)8-11(10)15/h6-8,12-13H,16H2,1-5H3. The molecule has 2 unspecified atom stereocenters. The van der Waals surface area contributed by atoms with Crippen LogP contribution in [0.25, 0.3) is 0 Å². The third kappa shape index (κ3) is 3.21. The largest absolute Gasteiger partial charge is 0.497 e. The Morgan fingerprint density at radius 1 is 1.22 bits per heavy atom. The van der Waals surface area contributed by atoms with Gasteiger partial charge in [-0.2, -0.15) is 0 Å². The SMILES string of the molecule is COc1ccc(C(N)C(OC)C(C)(C)C)c(F)c1. The summed E-state index contributed by atoms with van der Waals surface area (Å²) in [7, 11) is 3.10. The predicted octanol–water partition coefficient (Wildman–Crippen LogP) is 2.90. The van der Waals surface area contributed by atoms with Gasteiger partial charge in [0, 0.05) is 18.7 Å². The van der Waals surface area contributed by atoms with E-state index in [2.05, 4.69) is 0 Å². The zero-order chi connectivity index (χ0) is 13.9. The summed E-state index contributed by atoms with van der Waals surface area (Å²) in [5, 5.41) is 0. The molecule has 0 radical (unpaired) electrons. The number of hydrogen-bond acceptors (Lipinski definition) is 3. The Bertz CT molecular complexity index is 401. The lowest BCUT2D eigenvalue weighted by molar-refractivity contribution is -0.00316. The van der Waals surface area contributed by atoms with Gasteiger partial charge in [-0.3, -0.25) is 0 Å². The van der Waals surface area contributed by atoms with Gasteiger partial charge in [0.15, 0.2) is 0 Å². The van der Waals surface area contributed by atoms with Crippen LogP contribution in [-0.2, 0) is 4.74 Å². The van der Waals surface area contributed by atoms with Gasteiger partial charge in [0.05, 0.1) is 19.3 Å². The van der Waals surface area contributed by atoms with E-state index in [-0.39, 0.29) is 17.3 Å². The van der Waals surface area contributed by atoms with Crippen molar-refractivity contribution in [1.29, 1.82) is 0 Å². The van der Waals surface area contributed by atoms with E-state index in [9.17, 15) is 4.39 Å². The van der Waals surface area contributed by atoms with Crippen LogP contribution in [0.2, 0.25) is 0 Å². The second-order valence-corrected chi connectivity index (χ2v) is 5.44. The minimum Gasteiger partial charge on any atom is -0.497 e. The number of nitrogens with two attached hydrogens (primary N) is 1. The molecule has 3 nitrogen and oxygen atoms in total. The van der Waals surface area contributed by atoms with Crippen molar-refractivity contribution in [2.45, 2.75) is 32.9 Å². The van der Waals surface area contributed by atoms with Crippen LogP contribution in [0.4, 0.5) is 4.39 Å². The van der Waals surface area contributed by atoms with Crippen molar-refractivity contribution in [1.82, 2.24) is 0 Å². The summed E-state index contributed by atoms with van der Waals surface area (Å²) >= 11 is 0. The van der Waals surface area contributed by atoms with Crippen LogP contribution in [0.5, 0.6) is 5.75 Å². The monoisotopic (exact) mass is 255 g/mol. The molecule has 4 heteroatoms. The van der Waals surface area contributed by atoms with Crippen LogP contribution >= 0.6 is 0 Å². The van der Waals surface area contributed by atoms with Gasteiger partial charge in [0.1, 0.15) is 11.6 Å². The first-order chi connectivity index (χ1) is 8.31. The van der Waals surface area contributed by atoms with Gasteiger partial charge in [-0.15, -0.1) is 0 Å². The molecule has 0 spiro atoms. The highest BCUT2D eigenvalue weighted by molar-refractivity contribution is 5.31. The van der Waals surface area contributed by atoms with Crippen molar-refractivity contribution in [2.75, 3.05) is 14.2 Å². The Morgan fingerprint density at radius 3 is 2.22 bits per heavy atom. The first-order valence-electron chi connectivity index (χ1n) is 5.93. The molecule has 18 heavy (non-hydrogen) atoms. The van der Waals surface area contributed by atoms with Crippen molar-refractivity contribution in [3.63, 3.8) is 0 Å². The lowest BCUT2D eigenvalue weighted by atomic mass is 9.82. The molecule has 0 aliphatic carbocycles. The number of methoxy groups -OCH3 is 2. The molecule has 102 valence electrons. The maximum absolute atomic E-state index is 14.0. The van der Waals surface area contributed by atoms with E-state index < -0.39 is 6.04 Å². The minimum absolute atomic E-state index is 0.166. The number of halogens is 1. The lowest BCUT2D eigenvalue weighted by Crippen LogP contribution is -2.39. The fraction of sp³-hybridized carbons (Fsp3) is 0.571. The zero-order valence-corrected chi connectivity index (χ0v) is 11.7. The van der Waals surface area contributed by atoms with Crippen LogP contribution in [0.15, 0.2) is 18.2 Å². The van der Waals surface area contributed by atoms with Gasteiger partial charge in [0.25, 0.3) is 0 Å². The highest BCUT2D eigenvalue weighted by Gasteiger charge is 2.32. The quantitative estimate of drug-likeness (QED) is 0.899. The van der Waals surface area contributed by atoms with Crippen LogP contribution in [0.1, 0.15) is 32.4 Å². The maximum atomic E-state index is 14.0. The van der Waals surface area contributed by atoms with Crippen molar-refractivity contribution in [3.05, 3.63) is 29.6 Å². The van der Waals surface area contributed by atoms with Gasteiger partial charge in [-0.1, -0.05) is 26.8 Å². The second kappa shape index (κ2) is 5.67. The summed E-state index contributed by atoms with van der Waals surface area (Å²) in [6, 6.07) is 4.18. The van der Waals surface area contributed by atoms with E-state index in [1.807, 2.05) is 20.8 Å². The number of rotatable bonds is 4. The molecule has 0 fully saturated rings. The Balaban J connectivity index is 3.06. The van der Waals surface area contributed by atoms with Crippen LogP contribution in [0, 0.1) is 11.2 Å². The molecule has 0 aliphatic rings. The average Bonchev–Trinajstić information content (AvgIpc) is 2.27. The fourth-order valence-corrected chi connectivity index (χ4v) is 2.11. The van der Waals surface area contributed by atoms with Crippen molar-refractivity contribution >= 4 is 0 Å². The summed E-state index contributed by atoms with van der Waals surface area (Å²) in [4.78, 5) is 0. The van der Waals surface area contributed by atoms with Crippen molar-refractivity contribution < 1.29 is 13.9 Å². The Labute approximate surface area is 108 Å². The molecule has 1 aromatic rings. The highest BCUT2D eigenvalue weighted by atomic mass is 19.1. The number of benzene rings is 1. The zero-order valence-electron chi connectivity index (χ0n) is 11.7. The molecular formula is C14H22FNO2. The van der Waals surface area contributed by atoms with Crippen LogP contribution in [0.3, 0.4) is 0 Å². The normalized spacial score (nSPS) is 15.3. The third-order valence-corrected chi connectivity index (χ3v) is 3.00. The summed E-state index contributed by atoms with van der Waals surface area (Å²) in [6.45, 7) is 6.05. The molecule has 2 atom stereocenters. The van der Waals surface area contributed by atoms with E-state index in [4.69, 9.17) is 15.2 Å². The van der Waals surface area contributed by atoms with Gasteiger partial charge >= 0.3 is 0 Å². The molecule has 0 aromatic heterocycles. The van der Waals surface area contributed by atoms with E-state index in [0.29, 0.717) is 11.3 Å². The molecular weight excluding hydrogens is 233 g/mol. The number of ether oxygens (including phenoxy) is 2. The molecule has 0 aliphatic heterocycles. The first kappa shape index (κ1) is 14.9. The summed E-state index contributed by atoms with van der Waals surface area (Å²) in [5.74, 6) is 0.112. The average molecular weight is 255 g/mol. The molecule has 0 saturated heterocycles. The van der Waals surface area contributed by atoms with Crippen LogP contribution in [-0.4, -0.2) is 20.3 Å². The van der Waals surface area contributed by atoms with E-state index in [1.165, 1.54) is 13.2 Å². The van der Waals surface area contributed by atoms with E-state index >= 15 is 0 Å². The summed E-state index contributed by atoms with van der Waals surface area (Å²) < 4.78 is 24.3. The van der Waals surface area contributed by atoms with E-state index in [1.54, 1.807) is 19.2 Å². The third-order valence-electron chi connectivity index (χ3n) is 3.00. The predicted molar refractivity (Wildman–Crippen MR) is 70.1 cm³/mol. The lowest BCUT2D eigenvalue weighted by Gasteiger charge is -2.34. The first-order valence-corrected chi connectivity index (χ1v) is 5.93. The van der Waals surface area contributed by atoms with Crippen molar-refractivity contribution in [2.24, 2.45) is 11.1 Å². The molecule has 0 bridgehead atoms. The molecule has 1 aromatic carbocycles. The molecule has 0 saturated carbocycles. The minimum atomic E-state index is -0.513. The van der Waals surface area contributed by atoms with Gasteiger partial charge in [0.2, 0.25) is 0 Å². The Morgan fingerprint density at radius 2 is 1.83 bits per heavy atom. The van der Waals surface area contributed by atoms with Gasteiger partial charge in [-0.25, -0.2) is 4.39 Å². The van der Waals surface area contributed by atoms with Gasteiger partial charge < -0.3 is 15.2 Å². The number of hydrogen-bond donors (Lipinski definition) is 1.